The van der Waals surface area contributed by atoms with Crippen LogP contribution in [0.5, 0.6) is 0 Å². The van der Waals surface area contributed by atoms with Crippen molar-refractivity contribution in [3.05, 3.63) is 124 Å². The van der Waals surface area contributed by atoms with Gasteiger partial charge in [0.2, 0.25) is 0 Å². The maximum absolute atomic E-state index is 10.9. The molecule has 3 heterocycles. The van der Waals surface area contributed by atoms with Gasteiger partial charge in [-0.2, -0.15) is 0 Å². The molecule has 0 unspecified atom stereocenters. The van der Waals surface area contributed by atoms with Gasteiger partial charge in [0.25, 0.3) is 11.4 Å². The van der Waals surface area contributed by atoms with Crippen LogP contribution in [-0.2, 0) is 0 Å². The standard InChI is InChI=1S/C27H17N5O4/c33-31(34)22-10-4-18(5-11-22)20-8-14-24(28-16-20)26-2-1-3-27(30-26)25-15-9-21(17-29-25)19-6-12-23(13-7-19)32(35)36/h1-17H. The van der Waals surface area contributed by atoms with Gasteiger partial charge in [0, 0.05) is 47.8 Å². The third-order valence-corrected chi connectivity index (χ3v) is 5.62. The van der Waals surface area contributed by atoms with Gasteiger partial charge in [0.1, 0.15) is 0 Å². The van der Waals surface area contributed by atoms with E-state index in [1.54, 1.807) is 36.7 Å². The molecule has 9 heteroatoms. The highest BCUT2D eigenvalue weighted by atomic mass is 16.6. The first-order valence-electron chi connectivity index (χ1n) is 10.9. The molecule has 0 bridgehead atoms. The van der Waals surface area contributed by atoms with Crippen LogP contribution < -0.4 is 0 Å². The van der Waals surface area contributed by atoms with Crippen molar-refractivity contribution >= 4 is 11.4 Å². The minimum Gasteiger partial charge on any atom is -0.258 e. The molecule has 0 amide bonds. The molecular formula is C27H17N5O4. The predicted molar refractivity (Wildman–Crippen MR) is 135 cm³/mol. The molecule has 0 radical (unpaired) electrons. The lowest BCUT2D eigenvalue weighted by molar-refractivity contribution is -0.385. The molecule has 0 saturated heterocycles. The molecule has 174 valence electrons. The summed E-state index contributed by atoms with van der Waals surface area (Å²) in [5, 5.41) is 21.7. The van der Waals surface area contributed by atoms with Crippen LogP contribution in [0.1, 0.15) is 0 Å². The number of nitro benzene ring substituents is 2. The summed E-state index contributed by atoms with van der Waals surface area (Å²) in [6, 6.07) is 25.8. The molecule has 0 N–H and O–H groups in total. The van der Waals surface area contributed by atoms with E-state index in [9.17, 15) is 20.2 Å². The van der Waals surface area contributed by atoms with Crippen LogP contribution in [0.4, 0.5) is 11.4 Å². The largest absolute Gasteiger partial charge is 0.269 e. The first-order valence-corrected chi connectivity index (χ1v) is 10.9. The van der Waals surface area contributed by atoms with Crippen molar-refractivity contribution in [2.45, 2.75) is 0 Å². The van der Waals surface area contributed by atoms with Gasteiger partial charge in [-0.25, -0.2) is 4.98 Å². The van der Waals surface area contributed by atoms with E-state index in [2.05, 4.69) is 9.97 Å². The van der Waals surface area contributed by atoms with Gasteiger partial charge in [0.15, 0.2) is 0 Å². The van der Waals surface area contributed by atoms with Gasteiger partial charge in [0.05, 0.1) is 32.6 Å². The lowest BCUT2D eigenvalue weighted by Crippen LogP contribution is -1.93. The van der Waals surface area contributed by atoms with Crippen LogP contribution in [0, 0.1) is 20.2 Å². The third-order valence-electron chi connectivity index (χ3n) is 5.62. The molecule has 0 fully saturated rings. The molecule has 0 spiro atoms. The Kier molecular flexibility index (Phi) is 5.94. The van der Waals surface area contributed by atoms with E-state index in [0.717, 1.165) is 22.3 Å². The number of benzene rings is 2. The van der Waals surface area contributed by atoms with Crippen molar-refractivity contribution in [2.24, 2.45) is 0 Å². The van der Waals surface area contributed by atoms with Gasteiger partial charge in [-0.3, -0.25) is 30.2 Å². The zero-order valence-electron chi connectivity index (χ0n) is 18.7. The van der Waals surface area contributed by atoms with Gasteiger partial charge < -0.3 is 0 Å². The maximum atomic E-state index is 10.9. The fourth-order valence-corrected chi connectivity index (χ4v) is 3.70. The Morgan fingerprint density at radius 1 is 0.472 bits per heavy atom. The normalized spacial score (nSPS) is 10.7. The summed E-state index contributed by atoms with van der Waals surface area (Å²) in [6.07, 6.45) is 3.42. The second-order valence-electron chi connectivity index (χ2n) is 7.88. The van der Waals surface area contributed by atoms with E-state index < -0.39 is 9.85 Å². The van der Waals surface area contributed by atoms with Crippen molar-refractivity contribution < 1.29 is 9.85 Å². The Labute approximate surface area is 205 Å². The van der Waals surface area contributed by atoms with E-state index in [4.69, 9.17) is 4.98 Å². The van der Waals surface area contributed by atoms with Crippen LogP contribution in [0.25, 0.3) is 45.0 Å². The summed E-state index contributed by atoms with van der Waals surface area (Å²) in [7, 11) is 0. The Morgan fingerprint density at radius 3 is 1.19 bits per heavy atom. The number of nitrogens with zero attached hydrogens (tertiary/aromatic N) is 5. The number of pyridine rings is 3. The fourth-order valence-electron chi connectivity index (χ4n) is 3.70. The summed E-state index contributed by atoms with van der Waals surface area (Å²) in [5.41, 5.74) is 6.17. The predicted octanol–water partition coefficient (Wildman–Crippen LogP) is 6.36. The maximum Gasteiger partial charge on any atom is 0.269 e. The Morgan fingerprint density at radius 2 is 0.861 bits per heavy atom. The van der Waals surface area contributed by atoms with E-state index in [1.807, 2.05) is 42.5 Å². The smallest absolute Gasteiger partial charge is 0.258 e. The molecule has 5 aromatic rings. The van der Waals surface area contributed by atoms with Crippen molar-refractivity contribution in [3.63, 3.8) is 0 Å². The van der Waals surface area contributed by atoms with Crippen molar-refractivity contribution in [1.82, 2.24) is 15.0 Å². The summed E-state index contributed by atoms with van der Waals surface area (Å²) in [5.74, 6) is 0. The Bertz CT molecular complexity index is 1430. The first-order chi connectivity index (χ1) is 17.5. The average Bonchev–Trinajstić information content (AvgIpc) is 2.93. The molecule has 0 aliphatic rings. The van der Waals surface area contributed by atoms with Gasteiger partial charge in [-0.15, -0.1) is 0 Å². The molecule has 9 nitrogen and oxygen atoms in total. The minimum absolute atomic E-state index is 0.0405. The highest BCUT2D eigenvalue weighted by Crippen LogP contribution is 2.27. The van der Waals surface area contributed by atoms with E-state index in [0.29, 0.717) is 22.8 Å². The summed E-state index contributed by atoms with van der Waals surface area (Å²) in [6.45, 7) is 0. The summed E-state index contributed by atoms with van der Waals surface area (Å²) < 4.78 is 0. The van der Waals surface area contributed by atoms with E-state index in [1.165, 1.54) is 24.3 Å². The van der Waals surface area contributed by atoms with Crippen LogP contribution in [0.3, 0.4) is 0 Å². The number of non-ortho nitro benzene ring substituents is 2. The van der Waals surface area contributed by atoms with Crippen LogP contribution in [0.15, 0.2) is 103 Å². The zero-order valence-corrected chi connectivity index (χ0v) is 18.7. The average molecular weight is 475 g/mol. The molecular weight excluding hydrogens is 458 g/mol. The highest BCUT2D eigenvalue weighted by Gasteiger charge is 2.10. The number of hydrogen-bond donors (Lipinski definition) is 0. The van der Waals surface area contributed by atoms with Crippen LogP contribution in [0.2, 0.25) is 0 Å². The number of hydrogen-bond acceptors (Lipinski definition) is 7. The molecule has 2 aromatic carbocycles. The first kappa shape index (κ1) is 22.5. The third kappa shape index (κ3) is 4.66. The monoisotopic (exact) mass is 475 g/mol. The number of rotatable bonds is 6. The molecule has 5 rings (SSSR count). The molecule has 36 heavy (non-hydrogen) atoms. The summed E-state index contributed by atoms with van der Waals surface area (Å²) in [4.78, 5) is 34.6. The number of nitro groups is 2. The molecule has 0 atom stereocenters. The quantitative estimate of drug-likeness (QED) is 0.207. The van der Waals surface area contributed by atoms with Crippen molar-refractivity contribution in [1.29, 1.82) is 0 Å². The molecule has 0 aliphatic heterocycles. The second kappa shape index (κ2) is 9.51. The fraction of sp³-hybridized carbons (Fsp3) is 0. The Hall–Kier alpha value is -5.31. The number of aromatic nitrogens is 3. The second-order valence-corrected chi connectivity index (χ2v) is 7.88. The minimum atomic E-state index is -0.429. The lowest BCUT2D eigenvalue weighted by Gasteiger charge is -2.07. The van der Waals surface area contributed by atoms with E-state index in [-0.39, 0.29) is 11.4 Å². The zero-order chi connectivity index (χ0) is 25.1. The highest BCUT2D eigenvalue weighted by molar-refractivity contribution is 5.69. The van der Waals surface area contributed by atoms with Crippen LogP contribution >= 0.6 is 0 Å². The lowest BCUT2D eigenvalue weighted by atomic mass is 10.1. The van der Waals surface area contributed by atoms with Gasteiger partial charge >= 0.3 is 0 Å². The van der Waals surface area contributed by atoms with Crippen molar-refractivity contribution in [2.75, 3.05) is 0 Å². The van der Waals surface area contributed by atoms with Gasteiger partial charge in [-0.05, 0) is 59.7 Å². The molecule has 3 aromatic heterocycles. The van der Waals surface area contributed by atoms with Gasteiger partial charge in [-0.1, -0.05) is 18.2 Å². The van der Waals surface area contributed by atoms with Crippen LogP contribution in [-0.4, -0.2) is 24.8 Å². The Balaban J connectivity index is 1.35. The van der Waals surface area contributed by atoms with E-state index >= 15 is 0 Å². The SMILES string of the molecule is O=[N+]([O-])c1ccc(-c2ccc(-c3cccc(-c4ccc(-c5ccc([N+](=O)[O-])cc5)cn4)n3)nc2)cc1. The van der Waals surface area contributed by atoms with Crippen molar-refractivity contribution in [3.8, 4) is 45.0 Å². The topological polar surface area (TPSA) is 125 Å². The summed E-state index contributed by atoms with van der Waals surface area (Å²) >= 11 is 0. The molecule has 0 aliphatic carbocycles. The molecule has 0 saturated carbocycles.